The lowest BCUT2D eigenvalue weighted by molar-refractivity contribution is -0.122. The summed E-state index contributed by atoms with van der Waals surface area (Å²) in [5, 5.41) is 11.4. The average molecular weight is 754 g/mol. The van der Waals surface area contributed by atoms with Crippen LogP contribution in [0.5, 0.6) is 5.75 Å². The van der Waals surface area contributed by atoms with Crippen molar-refractivity contribution in [2.45, 2.75) is 76.4 Å². The largest absolute Gasteiger partial charge is 0.482 e. The molecular weight excluding hydrogens is 702 g/mol. The van der Waals surface area contributed by atoms with E-state index in [9.17, 15) is 24.0 Å². The first kappa shape index (κ1) is 40.2. The van der Waals surface area contributed by atoms with E-state index >= 15 is 0 Å². The minimum absolute atomic E-state index is 0.0263. The van der Waals surface area contributed by atoms with Gasteiger partial charge in [0.05, 0.1) is 11.7 Å². The number of nitrogens with one attached hydrogen (secondary N) is 4. The molecule has 10 N–H and O–H groups in total. The van der Waals surface area contributed by atoms with Crippen LogP contribution in [0.25, 0.3) is 0 Å². The van der Waals surface area contributed by atoms with Gasteiger partial charge in [-0.25, -0.2) is 0 Å². The van der Waals surface area contributed by atoms with Crippen LogP contribution in [0.15, 0.2) is 71.7 Å². The maximum Gasteiger partial charge on any atom is 0.262 e. The van der Waals surface area contributed by atoms with Gasteiger partial charge in [-0.15, -0.1) is 0 Å². The monoisotopic (exact) mass is 753 g/mol. The van der Waals surface area contributed by atoms with Crippen molar-refractivity contribution in [3.8, 4) is 5.75 Å². The van der Waals surface area contributed by atoms with Crippen LogP contribution in [0.2, 0.25) is 0 Å². The highest BCUT2D eigenvalue weighted by molar-refractivity contribution is 6.05. The number of benzene rings is 3. The first-order valence-electron chi connectivity index (χ1n) is 18.8. The lowest BCUT2D eigenvalue weighted by Crippen LogP contribution is -2.41. The summed E-state index contributed by atoms with van der Waals surface area (Å²) in [4.78, 5) is 68.8. The lowest BCUT2D eigenvalue weighted by Gasteiger charge is -2.24. The van der Waals surface area contributed by atoms with E-state index < -0.39 is 6.04 Å². The van der Waals surface area contributed by atoms with Crippen LogP contribution < -0.4 is 43.2 Å². The number of carbonyl (C=O) groups excluding carboxylic acids is 5. The molecule has 0 bridgehead atoms. The Labute approximate surface area is 320 Å². The standard InChI is InChI=1S/C40H51N9O6/c41-32(10-7-21-46-40(42)43)38(53)45-20-5-3-1-2-4-19-44-36(51)28-8-6-9-30(22-28)47-37(52)27-13-11-26(12-14-27)24-49(31-16-17-31)39(54)29-15-18-33-34(23-29)55-25-35(50)48-33/h6,8-9,11-15,18,22-23,31-32H,1-5,7,10,16-17,19-21,24-25,41H2,(H,44,51)(H,45,53)(H,47,52)(H,48,50)(H4,42,43,46). The number of nitrogens with zero attached hydrogens (tertiary/aromatic N) is 2. The molecule has 0 radical (unpaired) electrons. The van der Waals surface area contributed by atoms with Crippen molar-refractivity contribution < 1.29 is 28.7 Å². The fraction of sp³-hybridized carbons (Fsp3) is 0.400. The molecule has 0 spiro atoms. The zero-order chi connectivity index (χ0) is 39.2. The Morgan fingerprint density at radius 1 is 0.836 bits per heavy atom. The predicted octanol–water partition coefficient (Wildman–Crippen LogP) is 3.25. The van der Waals surface area contributed by atoms with Crippen LogP contribution in [-0.2, 0) is 16.1 Å². The summed E-state index contributed by atoms with van der Waals surface area (Å²) in [5.74, 6) is -0.570. The summed E-state index contributed by atoms with van der Waals surface area (Å²) in [5.41, 5.74) is 19.8. The van der Waals surface area contributed by atoms with Gasteiger partial charge in [0, 0.05) is 54.6 Å². The van der Waals surface area contributed by atoms with Gasteiger partial charge >= 0.3 is 0 Å². The summed E-state index contributed by atoms with van der Waals surface area (Å²) in [6.07, 6.45) is 7.52. The number of amides is 5. The minimum Gasteiger partial charge on any atom is -0.482 e. The van der Waals surface area contributed by atoms with Gasteiger partial charge in [-0.05, 0) is 92.6 Å². The molecule has 0 saturated heterocycles. The predicted molar refractivity (Wildman–Crippen MR) is 211 cm³/mol. The third kappa shape index (κ3) is 12.6. The Kier molecular flexibility index (Phi) is 14.6. The Morgan fingerprint density at radius 2 is 1.55 bits per heavy atom. The number of hydrogen-bond donors (Lipinski definition) is 7. The molecule has 3 aromatic rings. The van der Waals surface area contributed by atoms with E-state index in [4.69, 9.17) is 21.9 Å². The Bertz CT molecular complexity index is 1860. The molecule has 3 aromatic carbocycles. The van der Waals surface area contributed by atoms with Gasteiger partial charge in [-0.1, -0.05) is 37.5 Å². The van der Waals surface area contributed by atoms with Crippen molar-refractivity contribution >= 4 is 46.9 Å². The van der Waals surface area contributed by atoms with Gasteiger partial charge in [-0.2, -0.15) is 0 Å². The molecule has 15 heteroatoms. The Hall–Kier alpha value is -5.96. The summed E-state index contributed by atoms with van der Waals surface area (Å²) < 4.78 is 5.50. The third-order valence-electron chi connectivity index (χ3n) is 9.30. The van der Waals surface area contributed by atoms with Crippen LogP contribution in [0, 0.1) is 0 Å². The molecule has 1 saturated carbocycles. The highest BCUT2D eigenvalue weighted by atomic mass is 16.5. The third-order valence-corrected chi connectivity index (χ3v) is 9.30. The van der Waals surface area contributed by atoms with Crippen molar-refractivity contribution in [2.24, 2.45) is 22.2 Å². The van der Waals surface area contributed by atoms with E-state index in [0.29, 0.717) is 72.8 Å². The zero-order valence-corrected chi connectivity index (χ0v) is 31.0. The summed E-state index contributed by atoms with van der Waals surface area (Å²) in [7, 11) is 0. The molecule has 1 atom stereocenters. The number of aliphatic imine (C=N–C) groups is 1. The number of anilines is 2. The number of carbonyl (C=O) groups is 5. The van der Waals surface area contributed by atoms with Crippen molar-refractivity contribution in [1.29, 1.82) is 0 Å². The number of ether oxygens (including phenoxy) is 1. The van der Waals surface area contributed by atoms with Crippen molar-refractivity contribution in [3.05, 3.63) is 89.0 Å². The average Bonchev–Trinajstić information content (AvgIpc) is 4.03. The molecule has 15 nitrogen and oxygen atoms in total. The molecule has 1 aliphatic heterocycles. The van der Waals surface area contributed by atoms with Gasteiger partial charge in [0.1, 0.15) is 5.75 Å². The number of fused-ring (bicyclic) bond motifs is 1. The highest BCUT2D eigenvalue weighted by Crippen LogP contribution is 2.33. The first-order valence-corrected chi connectivity index (χ1v) is 18.8. The number of rotatable bonds is 20. The normalized spacial score (nSPS) is 13.7. The Balaban J connectivity index is 0.994. The molecule has 1 fully saturated rings. The van der Waals surface area contributed by atoms with E-state index in [1.807, 2.05) is 17.0 Å². The quantitative estimate of drug-likeness (QED) is 0.0509. The fourth-order valence-electron chi connectivity index (χ4n) is 6.10. The van der Waals surface area contributed by atoms with E-state index in [0.717, 1.165) is 50.5 Å². The topological polar surface area (TPSA) is 236 Å². The van der Waals surface area contributed by atoms with E-state index in [1.165, 1.54) is 0 Å². The van der Waals surface area contributed by atoms with E-state index in [1.54, 1.807) is 54.6 Å². The van der Waals surface area contributed by atoms with E-state index in [-0.39, 0.29) is 48.1 Å². The molecule has 292 valence electrons. The second-order valence-corrected chi connectivity index (χ2v) is 13.8. The van der Waals surface area contributed by atoms with Crippen molar-refractivity contribution in [3.63, 3.8) is 0 Å². The number of nitrogens with two attached hydrogens (primary N) is 3. The van der Waals surface area contributed by atoms with Gasteiger partial charge in [0.2, 0.25) is 5.91 Å². The summed E-state index contributed by atoms with van der Waals surface area (Å²) >= 11 is 0. The van der Waals surface area contributed by atoms with Crippen LogP contribution in [0.1, 0.15) is 94.4 Å². The van der Waals surface area contributed by atoms with Gasteiger partial charge < -0.3 is 48.1 Å². The maximum absolute atomic E-state index is 13.5. The smallest absolute Gasteiger partial charge is 0.262 e. The fourth-order valence-corrected chi connectivity index (χ4v) is 6.10. The molecule has 55 heavy (non-hydrogen) atoms. The van der Waals surface area contributed by atoms with Gasteiger partial charge in [0.25, 0.3) is 23.6 Å². The van der Waals surface area contributed by atoms with Crippen LogP contribution >= 0.6 is 0 Å². The summed E-state index contributed by atoms with van der Waals surface area (Å²) in [6, 6.07) is 18.5. The molecule has 0 aromatic heterocycles. The second-order valence-electron chi connectivity index (χ2n) is 13.8. The summed E-state index contributed by atoms with van der Waals surface area (Å²) in [6.45, 7) is 1.83. The van der Waals surface area contributed by atoms with Crippen molar-refractivity contribution in [1.82, 2.24) is 15.5 Å². The SMILES string of the molecule is NC(N)=NCCCC(N)C(=O)NCCCCCCCNC(=O)c1cccc(NC(=O)c2ccc(CN(C(=O)c3ccc4c(c3)OCC(=O)N4)C3CC3)cc2)c1. The second kappa shape index (κ2) is 19.9. The minimum atomic E-state index is -0.583. The number of guanidine groups is 1. The molecular formula is C40H51N9O6. The molecule has 5 rings (SSSR count). The zero-order valence-electron chi connectivity index (χ0n) is 31.0. The Morgan fingerprint density at radius 3 is 2.27 bits per heavy atom. The molecule has 2 aliphatic rings. The molecule has 5 amide bonds. The first-order chi connectivity index (χ1) is 26.6. The van der Waals surface area contributed by atoms with Gasteiger partial charge in [-0.3, -0.25) is 29.0 Å². The number of unbranched alkanes of at least 4 members (excludes halogenated alkanes) is 4. The van der Waals surface area contributed by atoms with Crippen LogP contribution in [0.3, 0.4) is 0 Å². The molecule has 1 unspecified atom stereocenters. The maximum atomic E-state index is 13.5. The van der Waals surface area contributed by atoms with Crippen molar-refractivity contribution in [2.75, 3.05) is 36.9 Å². The number of hydrogen-bond acceptors (Lipinski definition) is 8. The van der Waals surface area contributed by atoms with Crippen LogP contribution in [-0.4, -0.2) is 78.7 Å². The van der Waals surface area contributed by atoms with Crippen LogP contribution in [0.4, 0.5) is 11.4 Å². The van der Waals surface area contributed by atoms with E-state index in [2.05, 4.69) is 26.3 Å². The van der Waals surface area contributed by atoms with Gasteiger partial charge in [0.15, 0.2) is 12.6 Å². The lowest BCUT2D eigenvalue weighted by atomic mass is 10.1. The molecule has 1 aliphatic carbocycles. The molecule has 1 heterocycles. The highest BCUT2D eigenvalue weighted by Gasteiger charge is 2.33.